The summed E-state index contributed by atoms with van der Waals surface area (Å²) < 4.78 is 3.88. The Balaban J connectivity index is 0. The molecule has 0 amide bonds. The molecule has 46 valence electrons. The summed E-state index contributed by atoms with van der Waals surface area (Å²) in [7, 11) is 0. The number of halogens is 3. The van der Waals surface area contributed by atoms with Crippen LogP contribution in [0.25, 0.3) is 0 Å². The van der Waals surface area contributed by atoms with Crippen LogP contribution in [-0.2, 0) is 2.92 Å². The van der Waals surface area contributed by atoms with Gasteiger partial charge in [0.1, 0.15) is 32.5 Å². The second-order valence-corrected chi connectivity index (χ2v) is 2.85. The van der Waals surface area contributed by atoms with Crippen LogP contribution in [0.4, 0.5) is 0 Å². The smallest absolute Gasteiger partial charge is 0.115 e. The first kappa shape index (κ1) is 11.2. The Labute approximate surface area is 68.8 Å². The van der Waals surface area contributed by atoms with E-state index in [9.17, 15) is 0 Å². The number of hydrogen-bond acceptors (Lipinski definition) is 2. The van der Waals surface area contributed by atoms with Crippen LogP contribution in [0.2, 0.25) is 0 Å². The Morgan fingerprint density at radius 3 is 1.57 bits per heavy atom. The summed E-state index contributed by atoms with van der Waals surface area (Å²) >= 11 is 8.25. The van der Waals surface area contributed by atoms with Gasteiger partial charge in [-0.25, -0.2) is 2.92 Å². The standard InChI is InChI=1S/C2H6BrN.Br2O/c3-1-2-4;1-3-2/h1-2,4H2;. The molecule has 0 fully saturated rings. The van der Waals surface area contributed by atoms with Gasteiger partial charge in [-0.1, -0.05) is 15.9 Å². The summed E-state index contributed by atoms with van der Waals surface area (Å²) in [4.78, 5) is 0. The molecule has 0 unspecified atom stereocenters. The lowest BCUT2D eigenvalue weighted by Gasteiger charge is -1.68. The van der Waals surface area contributed by atoms with E-state index in [1.807, 2.05) is 0 Å². The topological polar surface area (TPSA) is 35.2 Å². The minimum Gasteiger partial charge on any atom is -0.330 e. The van der Waals surface area contributed by atoms with Gasteiger partial charge in [0.25, 0.3) is 0 Å². The first-order valence-electron chi connectivity index (χ1n) is 1.48. The molecular formula is C2H6Br3NO. The molecular weight excluding hydrogens is 294 g/mol. The van der Waals surface area contributed by atoms with Crippen molar-refractivity contribution in [1.82, 2.24) is 0 Å². The number of hydrogen-bond donors (Lipinski definition) is 1. The maximum atomic E-state index is 4.98. The summed E-state index contributed by atoms with van der Waals surface area (Å²) in [5, 5.41) is 0.910. The molecule has 0 spiro atoms. The van der Waals surface area contributed by atoms with Gasteiger partial charge >= 0.3 is 0 Å². The molecule has 5 heteroatoms. The quantitative estimate of drug-likeness (QED) is 0.751. The molecule has 0 saturated carbocycles. The van der Waals surface area contributed by atoms with Gasteiger partial charge in [-0.3, -0.25) is 0 Å². The van der Waals surface area contributed by atoms with Crippen molar-refractivity contribution in [2.45, 2.75) is 0 Å². The van der Waals surface area contributed by atoms with Gasteiger partial charge in [0.05, 0.1) is 0 Å². The number of nitrogens with two attached hydrogens (primary N) is 1. The van der Waals surface area contributed by atoms with Gasteiger partial charge in [-0.05, 0) is 0 Å². The van der Waals surface area contributed by atoms with Gasteiger partial charge in [-0.15, -0.1) is 0 Å². The first-order valence-corrected chi connectivity index (χ1v) is 3.90. The molecule has 0 aliphatic heterocycles. The molecule has 0 aliphatic rings. The molecule has 2 nitrogen and oxygen atoms in total. The lowest BCUT2D eigenvalue weighted by Crippen LogP contribution is -1.97. The molecule has 0 aromatic rings. The van der Waals surface area contributed by atoms with E-state index in [2.05, 4.69) is 51.4 Å². The Kier molecular flexibility index (Phi) is 25.0. The zero-order chi connectivity index (χ0) is 6.12. The predicted octanol–water partition coefficient (Wildman–Crippen LogP) is 1.96. The van der Waals surface area contributed by atoms with Gasteiger partial charge in [0.15, 0.2) is 0 Å². The lowest BCUT2D eigenvalue weighted by molar-refractivity contribution is 0.838. The van der Waals surface area contributed by atoms with Crippen molar-refractivity contribution in [2.75, 3.05) is 11.9 Å². The monoisotopic (exact) mass is 297 g/mol. The summed E-state index contributed by atoms with van der Waals surface area (Å²) in [6.45, 7) is 0.736. The van der Waals surface area contributed by atoms with Crippen LogP contribution in [0, 0.1) is 0 Å². The minimum absolute atomic E-state index is 0.736. The van der Waals surface area contributed by atoms with Crippen molar-refractivity contribution in [2.24, 2.45) is 5.73 Å². The van der Waals surface area contributed by atoms with Crippen LogP contribution in [-0.4, -0.2) is 11.9 Å². The fraction of sp³-hybridized carbons (Fsp3) is 1.00. The molecule has 2 N–H and O–H groups in total. The van der Waals surface area contributed by atoms with Crippen LogP contribution in [0.3, 0.4) is 0 Å². The molecule has 0 saturated heterocycles. The van der Waals surface area contributed by atoms with Crippen LogP contribution in [0.5, 0.6) is 0 Å². The molecule has 0 bridgehead atoms. The van der Waals surface area contributed by atoms with E-state index in [-0.39, 0.29) is 0 Å². The van der Waals surface area contributed by atoms with Crippen LogP contribution in [0.1, 0.15) is 0 Å². The average Bonchev–Trinajstić information content (AvgIpc) is 1.69. The molecule has 0 rings (SSSR count). The third-order valence-electron chi connectivity index (χ3n) is 0.109. The van der Waals surface area contributed by atoms with Crippen LogP contribution >= 0.6 is 48.4 Å². The van der Waals surface area contributed by atoms with Crippen molar-refractivity contribution in [3.8, 4) is 0 Å². The Morgan fingerprint density at radius 1 is 1.43 bits per heavy atom. The largest absolute Gasteiger partial charge is 0.330 e. The summed E-state index contributed by atoms with van der Waals surface area (Å²) in [6, 6.07) is 0. The van der Waals surface area contributed by atoms with E-state index in [0.717, 1.165) is 11.9 Å². The SMILES string of the molecule is BrOBr.NCCBr. The summed E-state index contributed by atoms with van der Waals surface area (Å²) in [5.74, 6) is 0. The highest BCUT2D eigenvalue weighted by Crippen LogP contribution is 1.88. The first-order chi connectivity index (χ1) is 3.33. The Hall–Kier alpha value is 1.36. The van der Waals surface area contributed by atoms with Gasteiger partial charge in [-0.2, -0.15) is 0 Å². The summed E-state index contributed by atoms with van der Waals surface area (Å²) in [6.07, 6.45) is 0. The highest BCUT2D eigenvalue weighted by Gasteiger charge is 1.57. The minimum atomic E-state index is 0.736. The third kappa shape index (κ3) is 38.0. The van der Waals surface area contributed by atoms with Crippen molar-refractivity contribution < 1.29 is 2.92 Å². The summed E-state index contributed by atoms with van der Waals surface area (Å²) in [5.41, 5.74) is 4.98. The van der Waals surface area contributed by atoms with Gasteiger partial charge in [0.2, 0.25) is 0 Å². The number of alkyl halides is 1. The van der Waals surface area contributed by atoms with Crippen molar-refractivity contribution in [3.63, 3.8) is 0 Å². The van der Waals surface area contributed by atoms with E-state index < -0.39 is 0 Å². The van der Waals surface area contributed by atoms with E-state index >= 15 is 0 Å². The van der Waals surface area contributed by atoms with Gasteiger partial charge < -0.3 is 5.73 Å². The fourth-order valence-electron chi connectivity index (χ4n) is 0. The fourth-order valence-corrected chi connectivity index (χ4v) is 0. The molecule has 0 atom stereocenters. The molecule has 0 aromatic heterocycles. The average molecular weight is 300 g/mol. The molecule has 0 aliphatic carbocycles. The molecule has 7 heavy (non-hydrogen) atoms. The van der Waals surface area contributed by atoms with Crippen molar-refractivity contribution >= 4 is 48.4 Å². The van der Waals surface area contributed by atoms with Crippen molar-refractivity contribution in [3.05, 3.63) is 0 Å². The Morgan fingerprint density at radius 2 is 1.57 bits per heavy atom. The zero-order valence-electron chi connectivity index (χ0n) is 3.53. The van der Waals surface area contributed by atoms with E-state index in [0.29, 0.717) is 0 Å². The molecule has 0 radical (unpaired) electrons. The number of rotatable bonds is 1. The maximum absolute atomic E-state index is 4.98. The third-order valence-corrected chi connectivity index (χ3v) is 0.567. The van der Waals surface area contributed by atoms with Crippen LogP contribution < -0.4 is 5.73 Å². The maximum Gasteiger partial charge on any atom is 0.115 e. The second kappa shape index (κ2) is 15.7. The Bertz CT molecular complexity index is 20.4. The normalized spacial score (nSPS) is 6.86. The lowest BCUT2D eigenvalue weighted by atomic mass is 10.8. The zero-order valence-corrected chi connectivity index (χ0v) is 8.29. The van der Waals surface area contributed by atoms with E-state index in [1.165, 1.54) is 0 Å². The van der Waals surface area contributed by atoms with Gasteiger partial charge in [0, 0.05) is 11.9 Å². The van der Waals surface area contributed by atoms with E-state index in [4.69, 9.17) is 5.73 Å². The van der Waals surface area contributed by atoms with Crippen molar-refractivity contribution in [1.29, 1.82) is 0 Å². The van der Waals surface area contributed by atoms with E-state index in [1.54, 1.807) is 0 Å². The highest BCUT2D eigenvalue weighted by atomic mass is 79.9. The molecule has 0 heterocycles. The second-order valence-electron chi connectivity index (χ2n) is 0.536. The highest BCUT2D eigenvalue weighted by molar-refractivity contribution is 9.18. The van der Waals surface area contributed by atoms with Crippen LogP contribution in [0.15, 0.2) is 0 Å². The predicted molar refractivity (Wildman–Crippen MR) is 41.8 cm³/mol. The molecule has 0 aromatic carbocycles.